The molecule has 184 valence electrons. The highest BCUT2D eigenvalue weighted by Gasteiger charge is 2.68. The Morgan fingerprint density at radius 1 is 0.889 bits per heavy atom. The molecule has 2 amide bonds. The third kappa shape index (κ3) is 4.01. The van der Waals surface area contributed by atoms with E-state index in [1.807, 2.05) is 98.8 Å². The number of likely N-dealkylation sites (tertiary alicyclic amines) is 1. The van der Waals surface area contributed by atoms with Crippen molar-refractivity contribution in [3.63, 3.8) is 0 Å². The second kappa shape index (κ2) is 9.36. The van der Waals surface area contributed by atoms with Gasteiger partial charge in [0.1, 0.15) is 5.54 Å². The molecule has 2 saturated heterocycles. The zero-order valence-corrected chi connectivity index (χ0v) is 20.4. The lowest BCUT2D eigenvalue weighted by Crippen LogP contribution is -2.56. The summed E-state index contributed by atoms with van der Waals surface area (Å²) in [6.45, 7) is 4.02. The van der Waals surface area contributed by atoms with Crippen LogP contribution in [0.5, 0.6) is 0 Å². The minimum absolute atomic E-state index is 0.0135. The SMILES string of the molecule is CC(C)CC1(C(=O)O)NC(c2ccc(-c3ccccc3)cc2)C2C(=O)N(Cc3ccccc3)C(=O)C21. The van der Waals surface area contributed by atoms with Crippen molar-refractivity contribution >= 4 is 17.8 Å². The Labute approximate surface area is 211 Å². The summed E-state index contributed by atoms with van der Waals surface area (Å²) in [5.74, 6) is -3.54. The van der Waals surface area contributed by atoms with Gasteiger partial charge in [0.05, 0.1) is 18.4 Å². The predicted octanol–water partition coefficient (Wildman–Crippen LogP) is 4.67. The molecule has 2 N–H and O–H groups in total. The van der Waals surface area contributed by atoms with Crippen molar-refractivity contribution in [3.05, 3.63) is 96.1 Å². The van der Waals surface area contributed by atoms with E-state index in [2.05, 4.69) is 5.32 Å². The molecule has 2 fully saturated rings. The molecule has 6 heteroatoms. The van der Waals surface area contributed by atoms with E-state index < -0.39 is 35.3 Å². The Bertz CT molecular complexity index is 1270. The summed E-state index contributed by atoms with van der Waals surface area (Å²) < 4.78 is 0. The van der Waals surface area contributed by atoms with Gasteiger partial charge in [-0.25, -0.2) is 0 Å². The van der Waals surface area contributed by atoms with Gasteiger partial charge >= 0.3 is 5.97 Å². The molecule has 0 aliphatic carbocycles. The summed E-state index contributed by atoms with van der Waals surface area (Å²) >= 11 is 0. The van der Waals surface area contributed by atoms with E-state index >= 15 is 0 Å². The topological polar surface area (TPSA) is 86.7 Å². The van der Waals surface area contributed by atoms with Gasteiger partial charge in [-0.3, -0.25) is 24.6 Å². The summed E-state index contributed by atoms with van der Waals surface area (Å²) in [5, 5.41) is 13.7. The van der Waals surface area contributed by atoms with Gasteiger partial charge in [-0.2, -0.15) is 0 Å². The number of carbonyl (C=O) groups is 3. The number of amides is 2. The first kappa shape index (κ1) is 23.9. The number of rotatable bonds is 7. The highest BCUT2D eigenvalue weighted by atomic mass is 16.4. The molecule has 0 bridgehead atoms. The summed E-state index contributed by atoms with van der Waals surface area (Å²) in [7, 11) is 0. The molecule has 5 rings (SSSR count). The first-order valence-corrected chi connectivity index (χ1v) is 12.4. The van der Waals surface area contributed by atoms with Gasteiger partial charge in [-0.05, 0) is 34.6 Å². The number of aliphatic carboxylic acids is 1. The van der Waals surface area contributed by atoms with Crippen molar-refractivity contribution in [2.75, 3.05) is 0 Å². The molecule has 4 atom stereocenters. The Kier molecular flexibility index (Phi) is 6.22. The van der Waals surface area contributed by atoms with Crippen molar-refractivity contribution in [2.45, 2.75) is 38.4 Å². The van der Waals surface area contributed by atoms with Gasteiger partial charge in [-0.15, -0.1) is 0 Å². The van der Waals surface area contributed by atoms with E-state index in [9.17, 15) is 19.5 Å². The maximum atomic E-state index is 13.7. The molecule has 3 aromatic carbocycles. The van der Waals surface area contributed by atoms with Crippen LogP contribution in [-0.2, 0) is 20.9 Å². The van der Waals surface area contributed by atoms with Crippen molar-refractivity contribution < 1.29 is 19.5 Å². The standard InChI is InChI=1S/C30H30N2O4/c1-19(2)17-30(29(35)36)25-24(27(33)32(28(25)34)18-20-9-5-3-6-10-20)26(31-30)23-15-13-22(14-16-23)21-11-7-4-8-12-21/h3-16,19,24-26,31H,17-18H2,1-2H3,(H,35,36). The zero-order valence-electron chi connectivity index (χ0n) is 20.4. The third-order valence-corrected chi connectivity index (χ3v) is 7.42. The highest BCUT2D eigenvalue weighted by Crippen LogP contribution is 2.51. The van der Waals surface area contributed by atoms with Gasteiger partial charge in [0, 0.05) is 6.04 Å². The van der Waals surface area contributed by atoms with Gasteiger partial charge in [0.25, 0.3) is 0 Å². The minimum Gasteiger partial charge on any atom is -0.480 e. The monoisotopic (exact) mass is 482 g/mol. The summed E-state index contributed by atoms with van der Waals surface area (Å²) in [4.78, 5) is 41.5. The Balaban J connectivity index is 1.54. The molecule has 0 aromatic heterocycles. The lowest BCUT2D eigenvalue weighted by atomic mass is 9.75. The van der Waals surface area contributed by atoms with E-state index in [0.29, 0.717) is 0 Å². The van der Waals surface area contributed by atoms with Crippen molar-refractivity contribution in [1.29, 1.82) is 0 Å². The number of hydrogen-bond acceptors (Lipinski definition) is 4. The van der Waals surface area contributed by atoms with Crippen LogP contribution in [0.25, 0.3) is 11.1 Å². The molecule has 0 saturated carbocycles. The van der Waals surface area contributed by atoms with Gasteiger partial charge in [0.2, 0.25) is 11.8 Å². The number of fused-ring (bicyclic) bond motifs is 1. The van der Waals surface area contributed by atoms with Crippen LogP contribution < -0.4 is 5.32 Å². The molecular weight excluding hydrogens is 452 g/mol. The normalized spacial score (nSPS) is 25.4. The van der Waals surface area contributed by atoms with E-state index in [1.165, 1.54) is 4.90 Å². The molecular formula is C30H30N2O4. The number of nitrogens with zero attached hydrogens (tertiary/aromatic N) is 1. The van der Waals surface area contributed by atoms with E-state index in [-0.39, 0.29) is 24.8 Å². The van der Waals surface area contributed by atoms with Crippen LogP contribution in [-0.4, -0.2) is 33.3 Å². The summed E-state index contributed by atoms with van der Waals surface area (Å²) in [5.41, 5.74) is 2.22. The first-order chi connectivity index (χ1) is 17.3. The third-order valence-electron chi connectivity index (χ3n) is 7.42. The Morgan fingerprint density at radius 3 is 2.06 bits per heavy atom. The van der Waals surface area contributed by atoms with Crippen LogP contribution in [0.2, 0.25) is 0 Å². The number of carbonyl (C=O) groups excluding carboxylic acids is 2. The van der Waals surface area contributed by atoms with E-state index in [4.69, 9.17) is 0 Å². The van der Waals surface area contributed by atoms with Gasteiger partial charge < -0.3 is 5.11 Å². The molecule has 4 unspecified atom stereocenters. The Hall–Kier alpha value is -3.77. The number of carboxylic acid groups (broad SMARTS) is 1. The zero-order chi connectivity index (χ0) is 25.4. The summed E-state index contributed by atoms with van der Waals surface area (Å²) in [6.07, 6.45) is 0.250. The molecule has 0 spiro atoms. The molecule has 36 heavy (non-hydrogen) atoms. The van der Waals surface area contributed by atoms with Crippen LogP contribution in [0, 0.1) is 17.8 Å². The maximum absolute atomic E-state index is 13.7. The quantitative estimate of drug-likeness (QED) is 0.478. The summed E-state index contributed by atoms with van der Waals surface area (Å²) in [6, 6.07) is 26.5. The van der Waals surface area contributed by atoms with E-state index in [1.54, 1.807) is 0 Å². The molecule has 2 aliphatic rings. The van der Waals surface area contributed by atoms with Crippen molar-refractivity contribution in [3.8, 4) is 11.1 Å². The second-order valence-electron chi connectivity index (χ2n) is 10.2. The number of hydrogen-bond donors (Lipinski definition) is 2. The highest BCUT2D eigenvalue weighted by molar-refractivity contribution is 6.09. The van der Waals surface area contributed by atoms with Gasteiger partial charge in [-0.1, -0.05) is 98.8 Å². The van der Waals surface area contributed by atoms with Crippen LogP contribution in [0.4, 0.5) is 0 Å². The predicted molar refractivity (Wildman–Crippen MR) is 137 cm³/mol. The average molecular weight is 483 g/mol. The van der Waals surface area contributed by atoms with Crippen LogP contribution in [0.1, 0.15) is 37.4 Å². The smallest absolute Gasteiger partial charge is 0.324 e. The first-order valence-electron chi connectivity index (χ1n) is 12.4. The lowest BCUT2D eigenvalue weighted by Gasteiger charge is -2.32. The Morgan fingerprint density at radius 2 is 1.47 bits per heavy atom. The molecule has 6 nitrogen and oxygen atoms in total. The fraction of sp³-hybridized carbons (Fsp3) is 0.300. The molecule has 0 radical (unpaired) electrons. The number of nitrogens with one attached hydrogen (secondary N) is 1. The van der Waals surface area contributed by atoms with Crippen LogP contribution in [0.15, 0.2) is 84.9 Å². The van der Waals surface area contributed by atoms with Crippen molar-refractivity contribution in [1.82, 2.24) is 10.2 Å². The van der Waals surface area contributed by atoms with Crippen molar-refractivity contribution in [2.24, 2.45) is 17.8 Å². The van der Waals surface area contributed by atoms with Crippen LogP contribution in [0.3, 0.4) is 0 Å². The molecule has 2 aliphatic heterocycles. The lowest BCUT2D eigenvalue weighted by molar-refractivity contribution is -0.152. The minimum atomic E-state index is -1.51. The molecule has 2 heterocycles. The van der Waals surface area contributed by atoms with Gasteiger partial charge in [0.15, 0.2) is 0 Å². The molecule has 3 aromatic rings. The number of carboxylic acids is 1. The van der Waals surface area contributed by atoms with Crippen LogP contribution >= 0.6 is 0 Å². The second-order valence-corrected chi connectivity index (χ2v) is 10.2. The average Bonchev–Trinajstić information content (AvgIpc) is 3.35. The fourth-order valence-corrected chi connectivity index (χ4v) is 5.90. The number of benzene rings is 3. The van der Waals surface area contributed by atoms with E-state index in [0.717, 1.165) is 22.3 Å². The maximum Gasteiger partial charge on any atom is 0.324 e. The largest absolute Gasteiger partial charge is 0.480 e. The fourth-order valence-electron chi connectivity index (χ4n) is 5.90. The number of imide groups is 1.